The van der Waals surface area contributed by atoms with Crippen LogP contribution in [0.25, 0.3) is 11.0 Å². The molecule has 306 valence electrons. The molecule has 2 aromatic heterocycles. The largest absolute Gasteiger partial charge is 0.456 e. The molecular weight excluding hydrogens is 737 g/mol. The summed E-state index contributed by atoms with van der Waals surface area (Å²) in [7, 11) is 0. The number of hydrogen-bond donors (Lipinski definition) is 3. The molecule has 13 nitrogen and oxygen atoms in total. The van der Waals surface area contributed by atoms with Gasteiger partial charge in [-0.1, -0.05) is 119 Å². The average Bonchev–Trinajstić information content (AvgIpc) is 3.74. The first-order chi connectivity index (χ1) is 27.6. The number of ether oxygens (including phenoxy) is 4. The third-order valence-electron chi connectivity index (χ3n) is 10.2. The van der Waals surface area contributed by atoms with Crippen molar-refractivity contribution in [1.82, 2.24) is 19.9 Å². The second-order valence-corrected chi connectivity index (χ2v) is 16.4. The Balaban J connectivity index is 1.60. The number of carbonyl (C=O) groups is 3. The molecule has 1 fully saturated rings. The number of likely N-dealkylation sites (tertiary alicyclic amines) is 1. The van der Waals surface area contributed by atoms with Crippen molar-refractivity contribution in [2.24, 2.45) is 17.6 Å². The van der Waals surface area contributed by atoms with Gasteiger partial charge in [0.15, 0.2) is 18.0 Å². The second kappa shape index (κ2) is 17.4. The lowest BCUT2D eigenvalue weighted by Gasteiger charge is -2.39. The number of rotatable bonds is 13. The molecule has 5 atom stereocenters. The number of nitrogen functional groups attached to an aromatic ring is 1. The van der Waals surface area contributed by atoms with E-state index in [2.05, 4.69) is 15.0 Å². The fourth-order valence-corrected chi connectivity index (χ4v) is 7.47. The van der Waals surface area contributed by atoms with Crippen LogP contribution in [0.2, 0.25) is 0 Å². The monoisotopic (exact) mass is 790 g/mol. The third-order valence-corrected chi connectivity index (χ3v) is 10.2. The molecule has 5 N–H and O–H groups in total. The molecule has 3 heterocycles. The molecule has 5 aromatic rings. The van der Waals surface area contributed by atoms with Crippen LogP contribution in [0.15, 0.2) is 104 Å². The van der Waals surface area contributed by atoms with Crippen molar-refractivity contribution in [2.75, 3.05) is 12.3 Å². The summed E-state index contributed by atoms with van der Waals surface area (Å²) < 4.78 is 26.2. The number of anilines is 1. The molecule has 13 heteroatoms. The fourth-order valence-electron chi connectivity index (χ4n) is 7.47. The average molecular weight is 791 g/mol. The molecule has 0 spiro atoms. The highest BCUT2D eigenvalue weighted by molar-refractivity contribution is 5.88. The lowest BCUT2D eigenvalue weighted by atomic mass is 9.80. The maximum absolute atomic E-state index is 14.9. The van der Waals surface area contributed by atoms with Gasteiger partial charge in [-0.3, -0.25) is 14.5 Å². The van der Waals surface area contributed by atoms with Gasteiger partial charge in [0.2, 0.25) is 0 Å². The van der Waals surface area contributed by atoms with E-state index in [1.54, 1.807) is 40.8 Å². The predicted molar refractivity (Wildman–Crippen MR) is 220 cm³/mol. The number of benzene rings is 3. The number of nitrogens with two attached hydrogens (primary N) is 2. The van der Waals surface area contributed by atoms with Crippen LogP contribution >= 0.6 is 0 Å². The summed E-state index contributed by atoms with van der Waals surface area (Å²) >= 11 is 0. The zero-order valence-electron chi connectivity index (χ0n) is 34.1. The number of aromatic amines is 1. The van der Waals surface area contributed by atoms with Crippen molar-refractivity contribution in [3.8, 4) is 0 Å². The van der Waals surface area contributed by atoms with E-state index in [0.717, 1.165) is 16.7 Å². The van der Waals surface area contributed by atoms with E-state index in [1.165, 1.54) is 11.2 Å². The van der Waals surface area contributed by atoms with Crippen molar-refractivity contribution in [3.05, 3.63) is 126 Å². The summed E-state index contributed by atoms with van der Waals surface area (Å²) in [6.45, 7) is 12.4. The van der Waals surface area contributed by atoms with Crippen LogP contribution < -0.4 is 11.5 Å². The predicted octanol–water partition coefficient (Wildman–Crippen LogP) is 7.06. The van der Waals surface area contributed by atoms with Crippen molar-refractivity contribution < 1.29 is 33.3 Å². The SMILES string of the molecule is CC(C)CC(=O)O[C@H]1[C@@H](OC(=O)[C@@H](N)C(C)C)[C@H](c2c[nH]c3c(N)ncnc23)N(C(=O)OC(C)(C)C)[C@@H]1COC(c1ccccc1)(c1ccccc1)c1ccccc1. The first-order valence-electron chi connectivity index (χ1n) is 19.7. The van der Waals surface area contributed by atoms with Gasteiger partial charge in [-0.25, -0.2) is 14.8 Å². The van der Waals surface area contributed by atoms with Crippen molar-refractivity contribution in [3.63, 3.8) is 0 Å². The molecule has 58 heavy (non-hydrogen) atoms. The van der Waals surface area contributed by atoms with Crippen LogP contribution in [0.1, 0.15) is 83.2 Å². The van der Waals surface area contributed by atoms with Gasteiger partial charge < -0.3 is 35.4 Å². The maximum atomic E-state index is 14.9. The lowest BCUT2D eigenvalue weighted by Crippen LogP contribution is -2.49. The number of nitrogens with one attached hydrogen (secondary N) is 1. The number of aromatic nitrogens is 3. The Morgan fingerprint density at radius 3 is 1.86 bits per heavy atom. The summed E-state index contributed by atoms with van der Waals surface area (Å²) in [5, 5.41) is 0. The van der Waals surface area contributed by atoms with Crippen LogP contribution in [0.5, 0.6) is 0 Å². The Morgan fingerprint density at radius 2 is 1.36 bits per heavy atom. The van der Waals surface area contributed by atoms with E-state index in [0.29, 0.717) is 16.6 Å². The van der Waals surface area contributed by atoms with Gasteiger partial charge in [0.25, 0.3) is 0 Å². The van der Waals surface area contributed by atoms with E-state index < -0.39 is 59.6 Å². The van der Waals surface area contributed by atoms with Crippen LogP contribution in [0.4, 0.5) is 10.6 Å². The third kappa shape index (κ3) is 8.70. The highest BCUT2D eigenvalue weighted by atomic mass is 16.6. The van der Waals surface area contributed by atoms with Gasteiger partial charge in [0.05, 0.1) is 12.1 Å². The fraction of sp³-hybridized carbons (Fsp3) is 0.400. The van der Waals surface area contributed by atoms with Crippen LogP contribution in [0.3, 0.4) is 0 Å². The molecule has 6 rings (SSSR count). The summed E-state index contributed by atoms with van der Waals surface area (Å²) in [5.41, 5.74) is 14.1. The number of amides is 1. The van der Waals surface area contributed by atoms with E-state index in [-0.39, 0.29) is 30.7 Å². The quantitative estimate of drug-likeness (QED) is 0.0630. The second-order valence-electron chi connectivity index (χ2n) is 16.4. The molecule has 0 bridgehead atoms. The van der Waals surface area contributed by atoms with Crippen molar-refractivity contribution in [2.45, 2.75) is 96.4 Å². The lowest BCUT2D eigenvalue weighted by molar-refractivity contribution is -0.170. The Morgan fingerprint density at radius 1 is 0.810 bits per heavy atom. The molecule has 1 aliphatic heterocycles. The summed E-state index contributed by atoms with van der Waals surface area (Å²) in [6, 6.07) is 26.1. The molecule has 0 aliphatic carbocycles. The molecule has 0 radical (unpaired) electrons. The molecule has 3 aromatic carbocycles. The van der Waals surface area contributed by atoms with Crippen molar-refractivity contribution in [1.29, 1.82) is 0 Å². The minimum atomic E-state index is -1.30. The Hall–Kier alpha value is -5.79. The van der Waals surface area contributed by atoms with Gasteiger partial charge in [-0.2, -0.15) is 0 Å². The number of fused-ring (bicyclic) bond motifs is 1. The number of esters is 2. The van der Waals surface area contributed by atoms with Crippen LogP contribution in [-0.2, 0) is 34.1 Å². The summed E-state index contributed by atoms with van der Waals surface area (Å²) in [6.07, 6.45) is -0.318. The Bertz CT molecular complexity index is 2070. The minimum Gasteiger partial charge on any atom is -0.456 e. The van der Waals surface area contributed by atoms with Gasteiger partial charge >= 0.3 is 18.0 Å². The highest BCUT2D eigenvalue weighted by Gasteiger charge is 2.58. The van der Waals surface area contributed by atoms with Gasteiger partial charge in [0, 0.05) is 18.2 Å². The first kappa shape index (κ1) is 41.8. The van der Waals surface area contributed by atoms with Gasteiger partial charge in [0.1, 0.15) is 41.2 Å². The maximum Gasteiger partial charge on any atom is 0.411 e. The van der Waals surface area contributed by atoms with E-state index in [1.807, 2.05) is 105 Å². The smallest absolute Gasteiger partial charge is 0.411 e. The summed E-state index contributed by atoms with van der Waals surface area (Å²) in [4.78, 5) is 55.9. The van der Waals surface area contributed by atoms with Crippen molar-refractivity contribution >= 4 is 34.9 Å². The number of carbonyl (C=O) groups excluding carboxylic acids is 3. The first-order valence-corrected chi connectivity index (χ1v) is 19.7. The topological polar surface area (TPSA) is 185 Å². The summed E-state index contributed by atoms with van der Waals surface area (Å²) in [5.74, 6) is -1.46. The molecule has 0 saturated carbocycles. The minimum absolute atomic E-state index is 0.0617. The van der Waals surface area contributed by atoms with Crippen LogP contribution in [0, 0.1) is 11.8 Å². The molecule has 1 aliphatic rings. The number of hydrogen-bond acceptors (Lipinski definition) is 11. The Kier molecular flexibility index (Phi) is 12.5. The van der Waals surface area contributed by atoms with E-state index >= 15 is 0 Å². The molecule has 1 amide bonds. The standard InChI is InChI=1S/C45H54N6O7/c1-27(2)23-34(52)56-39-33(25-55-45(29-17-11-8-12-18-29,30-19-13-9-14-20-30)31-21-15-10-16-22-31)51(43(54)58-44(5,6)7)38(40(39)57-42(53)35(46)28(3)4)32-24-48-37-36(32)49-26-50-41(37)47/h8-22,24,26-28,33,35,38-40,48H,23,25,46H2,1-7H3,(H2,47,49,50)/t33-,35+,38+,39-,40+/m1/s1. The van der Waals surface area contributed by atoms with E-state index in [4.69, 9.17) is 30.4 Å². The zero-order chi connectivity index (χ0) is 41.8. The van der Waals surface area contributed by atoms with Crippen LogP contribution in [-0.4, -0.2) is 74.4 Å². The molecule has 1 saturated heterocycles. The zero-order valence-corrected chi connectivity index (χ0v) is 34.1. The van der Waals surface area contributed by atoms with E-state index in [9.17, 15) is 14.4 Å². The number of H-pyrrole nitrogens is 1. The molecule has 0 unspecified atom stereocenters. The van der Waals surface area contributed by atoms with Gasteiger partial charge in [-0.15, -0.1) is 0 Å². The van der Waals surface area contributed by atoms with Gasteiger partial charge in [-0.05, 0) is 49.3 Å². The highest BCUT2D eigenvalue weighted by Crippen LogP contribution is 2.46. The normalized spacial score (nSPS) is 19.0. The number of nitrogens with zero attached hydrogens (tertiary/aromatic N) is 3. The molecular formula is C45H54N6O7. The Labute approximate surface area is 339 Å².